The van der Waals surface area contributed by atoms with E-state index in [1.807, 2.05) is 21.1 Å². The number of carboxylic acid groups (broad SMARTS) is 1. The van der Waals surface area contributed by atoms with Crippen molar-refractivity contribution in [2.75, 3.05) is 54.1 Å². The average molecular weight is 680 g/mol. The molecule has 11 heteroatoms. The Labute approximate surface area is 281 Å². The smallest absolute Gasteiger partial charge is 0.306 e. The molecule has 0 fully saturated rings. The Morgan fingerprint density at radius 1 is 0.652 bits per heavy atom. The first-order valence-electron chi connectivity index (χ1n) is 18.3. The number of quaternary nitrogens is 1. The van der Waals surface area contributed by atoms with Crippen molar-refractivity contribution in [3.8, 4) is 0 Å². The van der Waals surface area contributed by atoms with Crippen LogP contribution in [0.25, 0.3) is 0 Å². The number of ether oxygens (including phenoxy) is 2. The number of esters is 1. The van der Waals surface area contributed by atoms with Gasteiger partial charge in [0.1, 0.15) is 19.3 Å². The first-order chi connectivity index (χ1) is 21.9. The number of carbonyl (C=O) groups excluding carboxylic acids is 1. The minimum Gasteiger partial charge on any atom is -0.756 e. The zero-order valence-electron chi connectivity index (χ0n) is 30.0. The highest BCUT2D eigenvalue weighted by atomic mass is 31.2. The minimum absolute atomic E-state index is 0.00302. The summed E-state index contributed by atoms with van der Waals surface area (Å²) in [6, 6.07) is 0. The van der Waals surface area contributed by atoms with Gasteiger partial charge < -0.3 is 33.0 Å². The molecule has 0 amide bonds. The summed E-state index contributed by atoms with van der Waals surface area (Å²) in [6.45, 7) is 2.96. The molecule has 274 valence electrons. The van der Waals surface area contributed by atoms with Crippen LogP contribution in [-0.2, 0) is 32.7 Å². The second kappa shape index (κ2) is 30.1. The number of hydrogen-bond donors (Lipinski definition) is 1. The van der Waals surface area contributed by atoms with Gasteiger partial charge in [0.05, 0.1) is 34.4 Å². The maximum atomic E-state index is 12.4. The van der Waals surface area contributed by atoms with E-state index in [0.29, 0.717) is 30.5 Å². The van der Waals surface area contributed by atoms with E-state index in [9.17, 15) is 19.0 Å². The normalized spacial score (nSPS) is 13.8. The van der Waals surface area contributed by atoms with Gasteiger partial charge in [0.2, 0.25) is 0 Å². The number of likely N-dealkylation sites (N-methyl/N-ethyl adjacent to an activating group) is 1. The Bertz CT molecular complexity index is 776. The summed E-state index contributed by atoms with van der Waals surface area (Å²) in [5.41, 5.74) is 0. The highest BCUT2D eigenvalue weighted by Crippen LogP contribution is 2.38. The third-order valence-electron chi connectivity index (χ3n) is 7.95. The van der Waals surface area contributed by atoms with Gasteiger partial charge in [-0.3, -0.25) is 14.2 Å². The lowest BCUT2D eigenvalue weighted by atomic mass is 10.0. The van der Waals surface area contributed by atoms with Crippen molar-refractivity contribution in [2.24, 2.45) is 0 Å². The van der Waals surface area contributed by atoms with Gasteiger partial charge in [0.15, 0.2) is 0 Å². The van der Waals surface area contributed by atoms with Crippen molar-refractivity contribution in [2.45, 2.75) is 161 Å². The number of aliphatic carboxylic acids is 1. The Balaban J connectivity index is 4.19. The molecule has 46 heavy (non-hydrogen) atoms. The van der Waals surface area contributed by atoms with E-state index >= 15 is 0 Å². The van der Waals surface area contributed by atoms with E-state index in [0.717, 1.165) is 32.1 Å². The number of nitrogens with zero attached hydrogens (tertiary/aromatic N) is 1. The van der Waals surface area contributed by atoms with E-state index in [1.165, 1.54) is 89.9 Å². The molecule has 0 radical (unpaired) electrons. The van der Waals surface area contributed by atoms with E-state index in [4.69, 9.17) is 23.6 Å². The first kappa shape index (κ1) is 45.0. The van der Waals surface area contributed by atoms with Crippen molar-refractivity contribution in [3.05, 3.63) is 0 Å². The fourth-order valence-electron chi connectivity index (χ4n) is 5.04. The SMILES string of the molecule is CCCCCCCCCCCCCCCCCCOCC(COP(=O)([O-])OCC[N+](C)(C)C)OC(=O)CCCCCCCC(=O)O. The van der Waals surface area contributed by atoms with Gasteiger partial charge in [-0.15, -0.1) is 0 Å². The van der Waals surface area contributed by atoms with E-state index in [2.05, 4.69) is 6.92 Å². The van der Waals surface area contributed by atoms with Crippen molar-refractivity contribution in [1.29, 1.82) is 0 Å². The van der Waals surface area contributed by atoms with Gasteiger partial charge >= 0.3 is 11.9 Å². The van der Waals surface area contributed by atoms with Crippen LogP contribution in [-0.4, -0.2) is 81.7 Å². The van der Waals surface area contributed by atoms with Crippen molar-refractivity contribution in [3.63, 3.8) is 0 Å². The standard InChI is InChI=1S/C35H70NO9P/c1-5-6-7-8-9-10-11-12-13-14-15-16-17-18-22-25-29-42-31-33(32-44-46(40,41)43-30-28-36(2,3)4)45-35(39)27-24-21-19-20-23-26-34(37)38/h33H,5-32H2,1-4H3,(H-,37,38,40,41). The van der Waals surface area contributed by atoms with Crippen LogP contribution < -0.4 is 4.89 Å². The number of phosphoric acid groups is 1. The molecule has 0 rings (SSSR count). The lowest BCUT2D eigenvalue weighted by Crippen LogP contribution is -2.37. The number of phosphoric ester groups is 1. The topological polar surface area (TPSA) is 131 Å². The Kier molecular flexibility index (Phi) is 29.4. The molecule has 0 saturated heterocycles. The number of hydrogen-bond acceptors (Lipinski definition) is 8. The molecule has 0 aromatic rings. The van der Waals surface area contributed by atoms with Crippen LogP contribution in [0.2, 0.25) is 0 Å². The summed E-state index contributed by atoms with van der Waals surface area (Å²) in [4.78, 5) is 35.3. The second-order valence-electron chi connectivity index (χ2n) is 13.7. The third-order valence-corrected chi connectivity index (χ3v) is 8.91. The molecule has 0 aromatic heterocycles. The average Bonchev–Trinajstić information content (AvgIpc) is 2.97. The van der Waals surface area contributed by atoms with Crippen molar-refractivity contribution in [1.82, 2.24) is 0 Å². The molecular weight excluding hydrogens is 609 g/mol. The lowest BCUT2D eigenvalue weighted by Gasteiger charge is -2.28. The van der Waals surface area contributed by atoms with Gasteiger partial charge in [0.25, 0.3) is 7.82 Å². The molecule has 0 saturated carbocycles. The minimum atomic E-state index is -4.55. The number of rotatable bonds is 35. The maximum absolute atomic E-state index is 12.4. The summed E-state index contributed by atoms with van der Waals surface area (Å²) < 4.78 is 34.1. The van der Waals surface area contributed by atoms with Gasteiger partial charge in [-0.05, 0) is 19.3 Å². The van der Waals surface area contributed by atoms with Gasteiger partial charge in [-0.1, -0.05) is 122 Å². The van der Waals surface area contributed by atoms with Crippen LogP contribution >= 0.6 is 7.82 Å². The van der Waals surface area contributed by atoms with Gasteiger partial charge in [-0.25, -0.2) is 0 Å². The fourth-order valence-corrected chi connectivity index (χ4v) is 5.77. The summed E-state index contributed by atoms with van der Waals surface area (Å²) in [5, 5.41) is 8.71. The number of carboxylic acids is 1. The monoisotopic (exact) mass is 679 g/mol. The molecule has 0 bridgehead atoms. The van der Waals surface area contributed by atoms with Crippen molar-refractivity contribution >= 4 is 19.8 Å². The van der Waals surface area contributed by atoms with E-state index in [1.54, 1.807) is 0 Å². The van der Waals surface area contributed by atoms with E-state index < -0.39 is 25.9 Å². The second-order valence-corrected chi connectivity index (χ2v) is 15.2. The van der Waals surface area contributed by atoms with E-state index in [-0.39, 0.29) is 32.7 Å². The molecule has 0 spiro atoms. The summed E-state index contributed by atoms with van der Waals surface area (Å²) in [6.07, 6.45) is 23.9. The zero-order valence-corrected chi connectivity index (χ0v) is 30.9. The quantitative estimate of drug-likeness (QED) is 0.0305. The zero-order chi connectivity index (χ0) is 34.4. The van der Waals surface area contributed by atoms with Crippen molar-refractivity contribution < 1.29 is 47.2 Å². The molecule has 0 aliphatic heterocycles. The highest BCUT2D eigenvalue weighted by Gasteiger charge is 2.20. The highest BCUT2D eigenvalue weighted by molar-refractivity contribution is 7.45. The van der Waals surface area contributed by atoms with Crippen LogP contribution in [0.5, 0.6) is 0 Å². The summed E-state index contributed by atoms with van der Waals surface area (Å²) >= 11 is 0. The Hall–Kier alpha value is -1.03. The van der Waals surface area contributed by atoms with Crippen LogP contribution in [0, 0.1) is 0 Å². The molecule has 2 unspecified atom stereocenters. The molecule has 0 aliphatic carbocycles. The van der Waals surface area contributed by atoms with Crippen LogP contribution in [0.15, 0.2) is 0 Å². The molecule has 0 aromatic carbocycles. The maximum Gasteiger partial charge on any atom is 0.306 e. The summed E-state index contributed by atoms with van der Waals surface area (Å²) in [7, 11) is 1.25. The molecular formula is C35H70NO9P. The molecule has 10 nitrogen and oxygen atoms in total. The molecule has 0 aliphatic rings. The predicted octanol–water partition coefficient (Wildman–Crippen LogP) is 8.20. The van der Waals surface area contributed by atoms with Gasteiger partial charge in [-0.2, -0.15) is 0 Å². The van der Waals surface area contributed by atoms with Crippen LogP contribution in [0.3, 0.4) is 0 Å². The van der Waals surface area contributed by atoms with Crippen LogP contribution in [0.4, 0.5) is 0 Å². The number of unbranched alkanes of at least 4 members (excludes halogenated alkanes) is 19. The largest absolute Gasteiger partial charge is 0.756 e. The molecule has 1 N–H and O–H groups in total. The fraction of sp³-hybridized carbons (Fsp3) is 0.943. The van der Waals surface area contributed by atoms with Crippen LogP contribution in [0.1, 0.15) is 155 Å². The Morgan fingerprint density at radius 2 is 1.11 bits per heavy atom. The van der Waals surface area contributed by atoms with Gasteiger partial charge in [0, 0.05) is 19.4 Å². The molecule has 2 atom stereocenters. The third kappa shape index (κ3) is 34.3. The lowest BCUT2D eigenvalue weighted by molar-refractivity contribution is -0.870. The predicted molar refractivity (Wildman–Crippen MR) is 183 cm³/mol. The molecule has 0 heterocycles. The number of carbonyl (C=O) groups is 2. The Morgan fingerprint density at radius 3 is 1.59 bits per heavy atom. The first-order valence-corrected chi connectivity index (χ1v) is 19.8. The summed E-state index contributed by atoms with van der Waals surface area (Å²) in [5.74, 6) is -1.23.